The van der Waals surface area contributed by atoms with Gasteiger partial charge in [0, 0.05) is 6.54 Å². The van der Waals surface area contributed by atoms with Crippen molar-refractivity contribution in [3.8, 4) is 0 Å². The van der Waals surface area contributed by atoms with E-state index >= 15 is 0 Å². The van der Waals surface area contributed by atoms with Crippen LogP contribution in [-0.4, -0.2) is 32.5 Å². The van der Waals surface area contributed by atoms with E-state index in [1.807, 2.05) is 0 Å². The number of halogens is 2. The van der Waals surface area contributed by atoms with Crippen LogP contribution in [0.15, 0.2) is 17.6 Å². The van der Waals surface area contributed by atoms with E-state index in [9.17, 15) is 4.21 Å². The smallest absolute Gasteiger partial charge is 0.218 e. The second-order valence-corrected chi connectivity index (χ2v) is 5.16. The van der Waals surface area contributed by atoms with Gasteiger partial charge in [-0.15, -0.1) is 12.4 Å². The molecule has 0 unspecified atom stereocenters. The standard InChI is InChI=1S/C8H10ClN3OS.ClH/c9-6-3-11-8(12-4-6)14(13)7-1-2-10-5-7;/h3-4,7,10H,1-2,5H2;1H/t7-,14+;/m1./s1. The van der Waals surface area contributed by atoms with Crippen LogP contribution in [0.2, 0.25) is 5.02 Å². The molecular weight excluding hydrogens is 257 g/mol. The summed E-state index contributed by atoms with van der Waals surface area (Å²) < 4.78 is 11.9. The Morgan fingerprint density at radius 3 is 2.67 bits per heavy atom. The summed E-state index contributed by atoms with van der Waals surface area (Å²) in [6.07, 6.45) is 3.87. The normalized spacial score (nSPS) is 22.1. The van der Waals surface area contributed by atoms with Crippen LogP contribution in [0.3, 0.4) is 0 Å². The van der Waals surface area contributed by atoms with Crippen LogP contribution in [-0.2, 0) is 10.8 Å². The minimum Gasteiger partial charge on any atom is -0.315 e. The van der Waals surface area contributed by atoms with Crippen molar-refractivity contribution in [2.24, 2.45) is 0 Å². The molecule has 1 N–H and O–H groups in total. The zero-order chi connectivity index (χ0) is 9.97. The molecular formula is C8H11Cl2N3OS. The lowest BCUT2D eigenvalue weighted by molar-refractivity contribution is 0.664. The fourth-order valence-corrected chi connectivity index (χ4v) is 2.67. The lowest BCUT2D eigenvalue weighted by Crippen LogP contribution is -2.20. The van der Waals surface area contributed by atoms with Crippen molar-refractivity contribution in [3.63, 3.8) is 0 Å². The third-order valence-corrected chi connectivity index (χ3v) is 3.87. The molecule has 1 fully saturated rings. The molecule has 7 heteroatoms. The molecule has 1 aromatic rings. The first kappa shape index (κ1) is 12.8. The first-order valence-corrected chi connectivity index (χ1v) is 5.95. The van der Waals surface area contributed by atoms with Gasteiger partial charge in [0.05, 0.1) is 33.5 Å². The van der Waals surface area contributed by atoms with Gasteiger partial charge in [0.25, 0.3) is 0 Å². The first-order chi connectivity index (χ1) is 6.77. The van der Waals surface area contributed by atoms with E-state index in [0.717, 1.165) is 19.5 Å². The Morgan fingerprint density at radius 1 is 1.47 bits per heavy atom. The molecule has 1 aromatic heterocycles. The Labute approximate surface area is 102 Å². The first-order valence-electron chi connectivity index (χ1n) is 4.36. The summed E-state index contributed by atoms with van der Waals surface area (Å²) in [4.78, 5) is 7.90. The van der Waals surface area contributed by atoms with Gasteiger partial charge in [0.1, 0.15) is 0 Å². The van der Waals surface area contributed by atoms with E-state index in [-0.39, 0.29) is 17.7 Å². The van der Waals surface area contributed by atoms with Gasteiger partial charge in [-0.3, -0.25) is 4.21 Å². The Bertz CT molecular complexity index is 340. The summed E-state index contributed by atoms with van der Waals surface area (Å²) in [5.74, 6) is 0. The average Bonchev–Trinajstić information content (AvgIpc) is 2.71. The second kappa shape index (κ2) is 5.75. The highest BCUT2D eigenvalue weighted by Gasteiger charge is 2.23. The molecule has 2 heterocycles. The van der Waals surface area contributed by atoms with Gasteiger partial charge in [-0.1, -0.05) is 11.6 Å². The van der Waals surface area contributed by atoms with Crippen molar-refractivity contribution >= 4 is 34.8 Å². The number of rotatable bonds is 2. The number of hydrogen-bond donors (Lipinski definition) is 1. The molecule has 1 aliphatic rings. The number of aromatic nitrogens is 2. The maximum Gasteiger partial charge on any atom is 0.218 e. The Hall–Kier alpha value is -0.230. The predicted molar refractivity (Wildman–Crippen MR) is 62.0 cm³/mol. The summed E-state index contributed by atoms with van der Waals surface area (Å²) in [5, 5.41) is 4.14. The zero-order valence-electron chi connectivity index (χ0n) is 7.85. The highest BCUT2D eigenvalue weighted by molar-refractivity contribution is 7.85. The number of hydrogen-bond acceptors (Lipinski definition) is 4. The van der Waals surface area contributed by atoms with E-state index in [2.05, 4.69) is 15.3 Å². The molecule has 0 spiro atoms. The highest BCUT2D eigenvalue weighted by atomic mass is 35.5. The lowest BCUT2D eigenvalue weighted by Gasteiger charge is -2.05. The Morgan fingerprint density at radius 2 is 2.13 bits per heavy atom. The second-order valence-electron chi connectivity index (χ2n) is 3.10. The van der Waals surface area contributed by atoms with Gasteiger partial charge in [0.15, 0.2) is 0 Å². The van der Waals surface area contributed by atoms with Gasteiger partial charge >= 0.3 is 0 Å². The third-order valence-electron chi connectivity index (χ3n) is 2.09. The molecule has 2 rings (SSSR count). The third kappa shape index (κ3) is 3.11. The van der Waals surface area contributed by atoms with Crippen LogP contribution < -0.4 is 5.32 Å². The van der Waals surface area contributed by atoms with Crippen molar-refractivity contribution in [1.82, 2.24) is 15.3 Å². The van der Waals surface area contributed by atoms with Gasteiger partial charge in [-0.25, -0.2) is 9.97 Å². The minimum atomic E-state index is -1.11. The molecule has 0 radical (unpaired) electrons. The van der Waals surface area contributed by atoms with Gasteiger partial charge in [0.2, 0.25) is 5.16 Å². The monoisotopic (exact) mass is 267 g/mol. The van der Waals surface area contributed by atoms with Crippen LogP contribution in [0, 0.1) is 0 Å². The minimum absolute atomic E-state index is 0. The van der Waals surface area contributed by atoms with Crippen LogP contribution >= 0.6 is 24.0 Å². The van der Waals surface area contributed by atoms with Crippen LogP contribution in [0.4, 0.5) is 0 Å². The average molecular weight is 268 g/mol. The van der Waals surface area contributed by atoms with E-state index in [4.69, 9.17) is 11.6 Å². The summed E-state index contributed by atoms with van der Waals surface area (Å²) in [6.45, 7) is 1.70. The predicted octanol–water partition coefficient (Wildman–Crippen LogP) is 1.02. The lowest BCUT2D eigenvalue weighted by atomic mass is 10.4. The zero-order valence-corrected chi connectivity index (χ0v) is 10.2. The van der Waals surface area contributed by atoms with Gasteiger partial charge < -0.3 is 5.32 Å². The highest BCUT2D eigenvalue weighted by Crippen LogP contribution is 2.13. The van der Waals surface area contributed by atoms with E-state index in [1.54, 1.807) is 0 Å². The van der Waals surface area contributed by atoms with Crippen molar-refractivity contribution in [3.05, 3.63) is 17.4 Å². The number of nitrogens with zero attached hydrogens (tertiary/aromatic N) is 2. The van der Waals surface area contributed by atoms with Crippen molar-refractivity contribution in [1.29, 1.82) is 0 Å². The van der Waals surface area contributed by atoms with E-state index in [1.165, 1.54) is 12.4 Å². The van der Waals surface area contributed by atoms with E-state index in [0.29, 0.717) is 10.2 Å². The fourth-order valence-electron chi connectivity index (χ4n) is 1.36. The topological polar surface area (TPSA) is 54.9 Å². The summed E-state index contributed by atoms with van der Waals surface area (Å²) in [7, 11) is -1.11. The molecule has 1 aliphatic heterocycles. The molecule has 0 aliphatic carbocycles. The molecule has 0 amide bonds. The van der Waals surface area contributed by atoms with E-state index < -0.39 is 10.8 Å². The molecule has 84 valence electrons. The maximum absolute atomic E-state index is 11.9. The quantitative estimate of drug-likeness (QED) is 0.814. The van der Waals surface area contributed by atoms with Crippen molar-refractivity contribution in [2.75, 3.05) is 13.1 Å². The SMILES string of the molecule is Cl.O=[S@](c1ncc(Cl)cn1)[C@@H]1CCNC1. The molecule has 1 saturated heterocycles. The molecule has 0 bridgehead atoms. The summed E-state index contributed by atoms with van der Waals surface area (Å²) >= 11 is 5.64. The van der Waals surface area contributed by atoms with Crippen LogP contribution in [0.1, 0.15) is 6.42 Å². The van der Waals surface area contributed by atoms with Crippen LogP contribution in [0.25, 0.3) is 0 Å². The Balaban J connectivity index is 0.00000112. The maximum atomic E-state index is 11.9. The van der Waals surface area contributed by atoms with Crippen molar-refractivity contribution in [2.45, 2.75) is 16.8 Å². The largest absolute Gasteiger partial charge is 0.315 e. The van der Waals surface area contributed by atoms with Gasteiger partial charge in [-0.2, -0.15) is 0 Å². The van der Waals surface area contributed by atoms with Gasteiger partial charge in [-0.05, 0) is 13.0 Å². The summed E-state index contributed by atoms with van der Waals surface area (Å²) in [5.41, 5.74) is 0. The fraction of sp³-hybridized carbons (Fsp3) is 0.500. The summed E-state index contributed by atoms with van der Waals surface area (Å²) in [6, 6.07) is 0. The molecule has 4 nitrogen and oxygen atoms in total. The number of nitrogens with one attached hydrogen (secondary N) is 1. The van der Waals surface area contributed by atoms with Crippen LogP contribution in [0.5, 0.6) is 0 Å². The molecule has 15 heavy (non-hydrogen) atoms. The molecule has 0 aromatic carbocycles. The Kier molecular flexibility index (Phi) is 4.92. The molecule has 2 atom stereocenters. The van der Waals surface area contributed by atoms with Crippen molar-refractivity contribution < 1.29 is 4.21 Å². The molecule has 0 saturated carbocycles.